The van der Waals surface area contributed by atoms with Crippen LogP contribution in [0.1, 0.15) is 140 Å². The van der Waals surface area contributed by atoms with Crippen LogP contribution in [0.5, 0.6) is 11.5 Å². The lowest BCUT2D eigenvalue weighted by Gasteiger charge is -2.32. The Balaban J connectivity index is 0.00000152. The number of carboxylic acids is 1. The number of aliphatic carboxylic acids is 1. The number of anilines is 1. The summed E-state index contributed by atoms with van der Waals surface area (Å²) in [6.45, 7) is 19.3. The fraction of sp³-hybridized carbons (Fsp3) is 0.523. The summed E-state index contributed by atoms with van der Waals surface area (Å²) >= 11 is 0. The zero-order valence-electron chi connectivity index (χ0n) is 33.0. The number of nitrogens with two attached hydrogens (primary N) is 1. The van der Waals surface area contributed by atoms with Gasteiger partial charge in [0.1, 0.15) is 23.9 Å². The molecule has 0 saturated carbocycles. The molecule has 0 radical (unpaired) electrons. The van der Waals surface area contributed by atoms with Crippen molar-refractivity contribution in [2.24, 2.45) is 0 Å². The standard InChI is InChI=1S/C36H40N2O5.4C2H6/c1-23-19-27(43-18-8-4-5-9-32(40)41)21-25-11-13-29-31(22-37)36(38)30-14-10-24-20-26(42-17-7-3-2-6-16-39)12-15-28(24)34(30)35(29)33(23)25;4*1-2/h12,15-16,19-21H,2-11,13-14,17-18,38H2,1H3,(H,40,41);4*1-2H3. The number of rotatable bonds is 14. The number of carbonyl (C=O) groups is 2. The summed E-state index contributed by atoms with van der Waals surface area (Å²) in [7, 11) is 0. The third-order valence-electron chi connectivity index (χ3n) is 8.68. The zero-order chi connectivity index (χ0) is 38.3. The molecular weight excluding hydrogens is 636 g/mol. The van der Waals surface area contributed by atoms with Crippen LogP contribution in [0.4, 0.5) is 5.69 Å². The van der Waals surface area contributed by atoms with Crippen LogP contribution in [0.2, 0.25) is 0 Å². The average molecular weight is 701 g/mol. The first-order valence-electron chi connectivity index (χ1n) is 19.5. The molecule has 0 aromatic heterocycles. The molecule has 7 nitrogen and oxygen atoms in total. The number of nitrogen functional groups attached to an aromatic ring is 1. The van der Waals surface area contributed by atoms with Crippen LogP contribution in [-0.4, -0.2) is 30.6 Å². The van der Waals surface area contributed by atoms with Gasteiger partial charge in [-0.15, -0.1) is 0 Å². The number of carbonyl (C=O) groups excluding carboxylic acids is 1. The van der Waals surface area contributed by atoms with Crippen LogP contribution in [0.3, 0.4) is 0 Å². The number of aryl methyl sites for hydroxylation is 3. The van der Waals surface area contributed by atoms with Crippen LogP contribution in [0, 0.1) is 18.3 Å². The second-order valence-electron chi connectivity index (χ2n) is 11.6. The minimum absolute atomic E-state index is 0.192. The minimum atomic E-state index is -0.759. The third kappa shape index (κ3) is 11.9. The molecule has 0 heterocycles. The van der Waals surface area contributed by atoms with E-state index in [1.165, 1.54) is 16.7 Å². The average Bonchev–Trinajstić information content (AvgIpc) is 3.17. The zero-order valence-corrected chi connectivity index (χ0v) is 33.0. The monoisotopic (exact) mass is 700 g/mol. The van der Waals surface area contributed by atoms with Gasteiger partial charge in [0.05, 0.1) is 24.5 Å². The highest BCUT2D eigenvalue weighted by molar-refractivity contribution is 5.98. The van der Waals surface area contributed by atoms with Crippen molar-refractivity contribution < 1.29 is 24.2 Å². The normalized spacial score (nSPS) is 11.2. The molecule has 51 heavy (non-hydrogen) atoms. The van der Waals surface area contributed by atoms with E-state index in [1.807, 2.05) is 61.5 Å². The van der Waals surface area contributed by atoms with Crippen LogP contribution >= 0.6 is 0 Å². The van der Waals surface area contributed by atoms with Gasteiger partial charge in [0.15, 0.2) is 0 Å². The van der Waals surface area contributed by atoms with Crippen molar-refractivity contribution in [2.45, 2.75) is 139 Å². The summed E-state index contributed by atoms with van der Waals surface area (Å²) in [6, 6.07) is 13.0. The second-order valence-corrected chi connectivity index (χ2v) is 11.6. The van der Waals surface area contributed by atoms with E-state index in [9.17, 15) is 14.9 Å². The van der Waals surface area contributed by atoms with E-state index in [0.717, 1.165) is 109 Å². The summed E-state index contributed by atoms with van der Waals surface area (Å²) in [5.74, 6) is 0.926. The third-order valence-corrected chi connectivity index (χ3v) is 8.68. The lowest BCUT2D eigenvalue weighted by molar-refractivity contribution is -0.137. The minimum Gasteiger partial charge on any atom is -0.494 e. The molecule has 3 aromatic rings. The molecular formula is C44H64N2O5. The molecule has 0 spiro atoms. The number of benzene rings is 3. The Bertz CT molecular complexity index is 1570. The molecule has 7 heteroatoms. The molecule has 2 aliphatic rings. The Kier molecular flexibility index (Phi) is 21.7. The molecule has 0 bridgehead atoms. The fourth-order valence-corrected chi connectivity index (χ4v) is 6.62. The highest BCUT2D eigenvalue weighted by Crippen LogP contribution is 2.51. The molecule has 0 atom stereocenters. The summed E-state index contributed by atoms with van der Waals surface area (Å²) in [5.41, 5.74) is 18.2. The lowest BCUT2D eigenvalue weighted by atomic mass is 9.72. The van der Waals surface area contributed by atoms with E-state index in [-0.39, 0.29) is 6.42 Å². The predicted molar refractivity (Wildman–Crippen MR) is 213 cm³/mol. The van der Waals surface area contributed by atoms with Gasteiger partial charge in [-0.2, -0.15) is 5.26 Å². The first-order chi connectivity index (χ1) is 24.9. The van der Waals surface area contributed by atoms with Crippen LogP contribution in [-0.2, 0) is 35.3 Å². The second kappa shape index (κ2) is 24.8. The van der Waals surface area contributed by atoms with E-state index < -0.39 is 5.97 Å². The molecule has 0 saturated heterocycles. The SMILES string of the molecule is CC.CC.CC.CC.Cc1cc(OCCCCCC(=O)O)cc2c1-c1c(c(C#N)c(N)c3c1-c1ccc(OCCCCCC=O)cc1CC3)CC2. The summed E-state index contributed by atoms with van der Waals surface area (Å²) < 4.78 is 12.2. The van der Waals surface area contributed by atoms with E-state index in [0.29, 0.717) is 37.3 Å². The fourth-order valence-electron chi connectivity index (χ4n) is 6.62. The van der Waals surface area contributed by atoms with E-state index in [4.69, 9.17) is 20.3 Å². The quantitative estimate of drug-likeness (QED) is 0.0974. The van der Waals surface area contributed by atoms with Crippen molar-refractivity contribution in [1.82, 2.24) is 0 Å². The molecule has 3 N–H and O–H groups in total. The number of aldehydes is 1. The van der Waals surface area contributed by atoms with Crippen molar-refractivity contribution in [3.8, 4) is 39.8 Å². The number of ether oxygens (including phenoxy) is 2. The van der Waals surface area contributed by atoms with Crippen molar-refractivity contribution in [1.29, 1.82) is 5.26 Å². The topological polar surface area (TPSA) is 123 Å². The van der Waals surface area contributed by atoms with Crippen LogP contribution < -0.4 is 15.2 Å². The van der Waals surface area contributed by atoms with E-state index in [1.54, 1.807) is 0 Å². The maximum absolute atomic E-state index is 10.8. The summed E-state index contributed by atoms with van der Waals surface area (Å²) in [4.78, 5) is 21.3. The number of hydrogen-bond acceptors (Lipinski definition) is 6. The van der Waals surface area contributed by atoms with Crippen molar-refractivity contribution in [2.75, 3.05) is 18.9 Å². The van der Waals surface area contributed by atoms with Gasteiger partial charge in [-0.25, -0.2) is 0 Å². The van der Waals surface area contributed by atoms with E-state index in [2.05, 4.69) is 37.3 Å². The molecule has 280 valence electrons. The van der Waals surface area contributed by atoms with Gasteiger partial charge in [0, 0.05) is 12.8 Å². The van der Waals surface area contributed by atoms with Gasteiger partial charge >= 0.3 is 5.97 Å². The van der Waals surface area contributed by atoms with Gasteiger partial charge in [0.25, 0.3) is 0 Å². The van der Waals surface area contributed by atoms with Crippen LogP contribution in [0.15, 0.2) is 30.3 Å². The molecule has 0 unspecified atom stereocenters. The van der Waals surface area contributed by atoms with Crippen molar-refractivity contribution >= 4 is 17.9 Å². The highest BCUT2D eigenvalue weighted by Gasteiger charge is 2.32. The molecule has 5 rings (SSSR count). The summed E-state index contributed by atoms with van der Waals surface area (Å²) in [6.07, 6.45) is 9.98. The van der Waals surface area contributed by atoms with Crippen molar-refractivity contribution in [3.63, 3.8) is 0 Å². The number of fused-ring (bicyclic) bond motifs is 7. The molecule has 3 aromatic carbocycles. The van der Waals surface area contributed by atoms with Gasteiger partial charge in [-0.1, -0.05) is 61.5 Å². The molecule has 2 aliphatic carbocycles. The first-order valence-corrected chi connectivity index (χ1v) is 19.5. The Labute approximate surface area is 308 Å². The maximum atomic E-state index is 10.8. The molecule has 0 amide bonds. The number of nitrogens with zero attached hydrogens (tertiary/aromatic N) is 1. The number of unbranched alkanes of at least 4 members (excludes halogenated alkanes) is 5. The van der Waals surface area contributed by atoms with Gasteiger partial charge in [-0.3, -0.25) is 4.79 Å². The largest absolute Gasteiger partial charge is 0.494 e. The lowest BCUT2D eigenvalue weighted by Crippen LogP contribution is -2.17. The Hall–Kier alpha value is -4.31. The summed E-state index contributed by atoms with van der Waals surface area (Å²) in [5, 5.41) is 19.0. The Morgan fingerprint density at radius 1 is 0.765 bits per heavy atom. The molecule has 0 aliphatic heterocycles. The Morgan fingerprint density at radius 3 is 1.98 bits per heavy atom. The maximum Gasteiger partial charge on any atom is 0.303 e. The van der Waals surface area contributed by atoms with Crippen LogP contribution in [0.25, 0.3) is 22.3 Å². The van der Waals surface area contributed by atoms with Crippen molar-refractivity contribution in [3.05, 3.63) is 63.7 Å². The van der Waals surface area contributed by atoms with E-state index >= 15 is 0 Å². The highest BCUT2D eigenvalue weighted by atomic mass is 16.5. The first kappa shape index (κ1) is 44.7. The van der Waals surface area contributed by atoms with Gasteiger partial charge in [-0.05, 0) is 145 Å². The number of nitriles is 1. The molecule has 0 fully saturated rings. The number of hydrogen-bond donors (Lipinski definition) is 2. The smallest absolute Gasteiger partial charge is 0.303 e. The van der Waals surface area contributed by atoms with Gasteiger partial charge < -0.3 is 25.1 Å². The number of carboxylic acid groups (broad SMARTS) is 1. The predicted octanol–water partition coefficient (Wildman–Crippen LogP) is 11.2. The Morgan fingerprint density at radius 2 is 1.35 bits per heavy atom. The van der Waals surface area contributed by atoms with Gasteiger partial charge in [0.2, 0.25) is 0 Å².